The predicted octanol–water partition coefficient (Wildman–Crippen LogP) is 2.15. The van der Waals surface area contributed by atoms with Gasteiger partial charge in [0.1, 0.15) is 17.5 Å². The molecule has 1 fully saturated rings. The van der Waals surface area contributed by atoms with E-state index < -0.39 is 0 Å². The second-order valence-corrected chi connectivity index (χ2v) is 4.86. The summed E-state index contributed by atoms with van der Waals surface area (Å²) in [5, 5.41) is 6.29. The van der Waals surface area contributed by atoms with Gasteiger partial charge in [-0.2, -0.15) is 0 Å². The lowest BCUT2D eigenvalue weighted by Crippen LogP contribution is -2.10. The summed E-state index contributed by atoms with van der Waals surface area (Å²) in [5.74, 6) is 2.92. The Labute approximate surface area is 119 Å². The highest BCUT2D eigenvalue weighted by molar-refractivity contribution is 5.69. The molecule has 2 N–H and O–H groups in total. The van der Waals surface area contributed by atoms with Crippen LogP contribution in [0.15, 0.2) is 6.07 Å². The first kappa shape index (κ1) is 14.6. The normalized spacial score (nSPS) is 13.9. The van der Waals surface area contributed by atoms with Gasteiger partial charge in [0.15, 0.2) is 0 Å². The molecule has 0 radical (unpaired) electrons. The minimum atomic E-state index is -0.147. The van der Waals surface area contributed by atoms with E-state index in [0.29, 0.717) is 25.5 Å². The lowest BCUT2D eigenvalue weighted by Gasteiger charge is -2.09. The number of aromatic nitrogens is 2. The van der Waals surface area contributed by atoms with E-state index in [1.165, 1.54) is 12.8 Å². The van der Waals surface area contributed by atoms with Gasteiger partial charge in [-0.1, -0.05) is 0 Å². The van der Waals surface area contributed by atoms with E-state index in [0.717, 1.165) is 23.9 Å². The van der Waals surface area contributed by atoms with Crippen molar-refractivity contribution in [2.24, 2.45) is 0 Å². The molecule has 0 bridgehead atoms. The first-order chi connectivity index (χ1) is 9.72. The summed E-state index contributed by atoms with van der Waals surface area (Å²) in [6.07, 6.45) is 3.52. The van der Waals surface area contributed by atoms with Crippen molar-refractivity contribution in [2.75, 3.05) is 30.8 Å². The van der Waals surface area contributed by atoms with E-state index in [1.54, 1.807) is 0 Å². The molecule has 1 heterocycles. The predicted molar refractivity (Wildman–Crippen MR) is 77.9 cm³/mol. The van der Waals surface area contributed by atoms with E-state index in [9.17, 15) is 4.79 Å². The quantitative estimate of drug-likeness (QED) is 0.560. The van der Waals surface area contributed by atoms with E-state index in [-0.39, 0.29) is 5.97 Å². The van der Waals surface area contributed by atoms with Crippen LogP contribution in [-0.4, -0.2) is 36.1 Å². The molecule has 110 valence electrons. The molecule has 0 amide bonds. The lowest BCUT2D eigenvalue weighted by molar-refractivity contribution is -0.143. The average Bonchev–Trinajstić information content (AvgIpc) is 3.28. The van der Waals surface area contributed by atoms with Crippen molar-refractivity contribution in [1.29, 1.82) is 0 Å². The van der Waals surface area contributed by atoms with E-state index >= 15 is 0 Å². The van der Waals surface area contributed by atoms with Gasteiger partial charge in [-0.25, -0.2) is 9.97 Å². The maximum atomic E-state index is 11.2. The minimum absolute atomic E-state index is 0.147. The van der Waals surface area contributed by atoms with Crippen LogP contribution in [0.4, 0.5) is 11.6 Å². The number of hydrogen-bond acceptors (Lipinski definition) is 6. The molecule has 0 unspecified atom stereocenters. The number of carbonyl (C=O) groups is 1. The van der Waals surface area contributed by atoms with Gasteiger partial charge in [-0.15, -0.1) is 0 Å². The first-order valence-electron chi connectivity index (χ1n) is 7.19. The maximum Gasteiger partial charge on any atom is 0.305 e. The maximum absolute atomic E-state index is 11.2. The second-order valence-electron chi connectivity index (χ2n) is 4.86. The lowest BCUT2D eigenvalue weighted by atomic mass is 10.3. The summed E-state index contributed by atoms with van der Waals surface area (Å²) in [4.78, 5) is 20.2. The molecule has 1 aliphatic carbocycles. The molecule has 0 saturated heterocycles. The molecule has 2 rings (SSSR count). The standard InChI is InChI=1S/C14H22N4O2/c1-3-20-13(19)5-4-8-16-12-9-11(15-2)17-14(18-12)10-6-7-10/h9-10H,3-8H2,1-2H3,(H2,15,16,17,18). The highest BCUT2D eigenvalue weighted by Gasteiger charge is 2.27. The van der Waals surface area contributed by atoms with Crippen LogP contribution in [0.2, 0.25) is 0 Å². The third-order valence-corrected chi connectivity index (χ3v) is 3.11. The summed E-state index contributed by atoms with van der Waals surface area (Å²) in [7, 11) is 1.85. The van der Waals surface area contributed by atoms with E-state index in [1.807, 2.05) is 20.0 Å². The highest BCUT2D eigenvalue weighted by Crippen LogP contribution is 2.38. The molecule has 6 heteroatoms. The summed E-state index contributed by atoms with van der Waals surface area (Å²) >= 11 is 0. The number of esters is 1. The Balaban J connectivity index is 1.82. The third-order valence-electron chi connectivity index (χ3n) is 3.11. The zero-order valence-electron chi connectivity index (χ0n) is 12.1. The minimum Gasteiger partial charge on any atom is -0.466 e. The number of ether oxygens (including phenoxy) is 1. The Morgan fingerprint density at radius 2 is 2.15 bits per heavy atom. The van der Waals surface area contributed by atoms with Crippen LogP contribution in [0.25, 0.3) is 0 Å². The molecule has 1 saturated carbocycles. The number of carbonyl (C=O) groups excluding carboxylic acids is 1. The summed E-state index contributed by atoms with van der Waals surface area (Å²) in [6.45, 7) is 2.95. The Kier molecular flexibility index (Phi) is 5.15. The largest absolute Gasteiger partial charge is 0.466 e. The Bertz CT molecular complexity index is 460. The molecule has 0 atom stereocenters. The van der Waals surface area contributed by atoms with Crippen molar-refractivity contribution in [1.82, 2.24) is 9.97 Å². The number of nitrogens with zero attached hydrogens (tertiary/aromatic N) is 2. The molecule has 1 aromatic heterocycles. The van der Waals surface area contributed by atoms with Crippen LogP contribution in [0.5, 0.6) is 0 Å². The van der Waals surface area contributed by atoms with Crippen molar-refractivity contribution >= 4 is 17.6 Å². The first-order valence-corrected chi connectivity index (χ1v) is 7.19. The number of nitrogens with one attached hydrogen (secondary N) is 2. The molecule has 0 aromatic carbocycles. The van der Waals surface area contributed by atoms with Crippen molar-refractivity contribution in [3.8, 4) is 0 Å². The molecule has 0 spiro atoms. The molecule has 0 aliphatic heterocycles. The van der Waals surface area contributed by atoms with Crippen LogP contribution >= 0.6 is 0 Å². The fourth-order valence-electron chi connectivity index (χ4n) is 1.89. The van der Waals surface area contributed by atoms with Gasteiger partial charge in [-0.05, 0) is 26.2 Å². The fraction of sp³-hybridized carbons (Fsp3) is 0.643. The Morgan fingerprint density at radius 3 is 2.80 bits per heavy atom. The number of rotatable bonds is 8. The van der Waals surface area contributed by atoms with Crippen LogP contribution < -0.4 is 10.6 Å². The van der Waals surface area contributed by atoms with Gasteiger partial charge in [-0.3, -0.25) is 4.79 Å². The van der Waals surface area contributed by atoms with Gasteiger partial charge in [0, 0.05) is 32.0 Å². The molecule has 6 nitrogen and oxygen atoms in total. The average molecular weight is 278 g/mol. The van der Waals surface area contributed by atoms with Gasteiger partial charge < -0.3 is 15.4 Å². The van der Waals surface area contributed by atoms with Crippen molar-refractivity contribution in [2.45, 2.75) is 38.5 Å². The third kappa shape index (κ3) is 4.36. The van der Waals surface area contributed by atoms with E-state index in [2.05, 4.69) is 20.6 Å². The van der Waals surface area contributed by atoms with Crippen LogP contribution in [0, 0.1) is 0 Å². The molecular weight excluding hydrogens is 256 g/mol. The molecule has 1 aromatic rings. The summed E-state index contributed by atoms with van der Waals surface area (Å²) in [5.41, 5.74) is 0. The molecular formula is C14H22N4O2. The Hall–Kier alpha value is -1.85. The Morgan fingerprint density at radius 1 is 1.40 bits per heavy atom. The highest BCUT2D eigenvalue weighted by atomic mass is 16.5. The zero-order chi connectivity index (χ0) is 14.4. The summed E-state index contributed by atoms with van der Waals surface area (Å²) < 4.78 is 4.89. The van der Waals surface area contributed by atoms with Gasteiger partial charge in [0.25, 0.3) is 0 Å². The monoisotopic (exact) mass is 278 g/mol. The van der Waals surface area contributed by atoms with Gasteiger partial charge in [0.05, 0.1) is 6.61 Å². The van der Waals surface area contributed by atoms with Gasteiger partial charge in [0.2, 0.25) is 0 Å². The number of hydrogen-bond donors (Lipinski definition) is 2. The zero-order valence-corrected chi connectivity index (χ0v) is 12.1. The SMILES string of the molecule is CCOC(=O)CCCNc1cc(NC)nc(C2CC2)n1. The van der Waals surface area contributed by atoms with Crippen LogP contribution in [0.1, 0.15) is 44.3 Å². The van der Waals surface area contributed by atoms with Gasteiger partial charge >= 0.3 is 5.97 Å². The summed E-state index contributed by atoms with van der Waals surface area (Å²) in [6, 6.07) is 1.89. The van der Waals surface area contributed by atoms with Crippen LogP contribution in [0.3, 0.4) is 0 Å². The topological polar surface area (TPSA) is 76.1 Å². The van der Waals surface area contributed by atoms with Crippen molar-refractivity contribution in [3.63, 3.8) is 0 Å². The van der Waals surface area contributed by atoms with Crippen molar-refractivity contribution < 1.29 is 9.53 Å². The molecule has 20 heavy (non-hydrogen) atoms. The van der Waals surface area contributed by atoms with Crippen LogP contribution in [-0.2, 0) is 9.53 Å². The van der Waals surface area contributed by atoms with E-state index in [4.69, 9.17) is 4.74 Å². The number of anilines is 2. The second kappa shape index (κ2) is 7.07. The smallest absolute Gasteiger partial charge is 0.305 e. The van der Waals surface area contributed by atoms with Crippen molar-refractivity contribution in [3.05, 3.63) is 11.9 Å². The fourth-order valence-corrected chi connectivity index (χ4v) is 1.89. The molecule has 1 aliphatic rings.